The van der Waals surface area contributed by atoms with Crippen molar-refractivity contribution in [1.29, 1.82) is 0 Å². The van der Waals surface area contributed by atoms with E-state index in [0.29, 0.717) is 6.54 Å². The molecule has 0 spiro atoms. The maximum absolute atomic E-state index is 12.6. The molecule has 2 aliphatic rings. The summed E-state index contributed by atoms with van der Waals surface area (Å²) in [4.78, 5) is 14.5. The van der Waals surface area contributed by atoms with Crippen molar-refractivity contribution in [2.45, 2.75) is 31.9 Å². The van der Waals surface area contributed by atoms with E-state index >= 15 is 0 Å². The standard InChI is InChI=1S/C21H25N3O2/c1-2-20(15-6-4-3-5-7-15)26-17-8-9-18-19(12-17)24-16(10-11-23-18)13-22-14-21(24)25/h3-9,12,16,20,22-23H,2,10-11,13-14H2,1H3/t16-,20?/m0/s1. The van der Waals surface area contributed by atoms with Gasteiger partial charge in [0.2, 0.25) is 5.91 Å². The molecule has 2 aromatic carbocycles. The van der Waals surface area contributed by atoms with E-state index in [1.54, 1.807) is 0 Å². The summed E-state index contributed by atoms with van der Waals surface area (Å²) in [5.74, 6) is 0.923. The molecule has 0 saturated carbocycles. The van der Waals surface area contributed by atoms with Crippen molar-refractivity contribution < 1.29 is 9.53 Å². The molecule has 2 aliphatic heterocycles. The summed E-state index contributed by atoms with van der Waals surface area (Å²) in [5.41, 5.74) is 3.10. The second-order valence-electron chi connectivity index (χ2n) is 6.87. The highest BCUT2D eigenvalue weighted by atomic mass is 16.5. The van der Waals surface area contributed by atoms with Crippen LogP contribution in [0.1, 0.15) is 31.4 Å². The lowest BCUT2D eigenvalue weighted by molar-refractivity contribution is -0.119. The number of fused-ring (bicyclic) bond motifs is 3. The summed E-state index contributed by atoms with van der Waals surface area (Å²) in [6, 6.07) is 16.5. The van der Waals surface area contributed by atoms with Gasteiger partial charge in [-0.05, 0) is 30.5 Å². The monoisotopic (exact) mass is 351 g/mol. The van der Waals surface area contributed by atoms with Gasteiger partial charge in [0.15, 0.2) is 0 Å². The smallest absolute Gasteiger partial charge is 0.241 e. The van der Waals surface area contributed by atoms with E-state index in [4.69, 9.17) is 4.74 Å². The molecule has 2 atom stereocenters. The fourth-order valence-electron chi connectivity index (χ4n) is 3.81. The number of hydrogen-bond acceptors (Lipinski definition) is 4. The number of ether oxygens (including phenoxy) is 1. The lowest BCUT2D eigenvalue weighted by atomic mass is 10.1. The highest BCUT2D eigenvalue weighted by molar-refractivity contribution is 5.99. The van der Waals surface area contributed by atoms with Crippen LogP contribution >= 0.6 is 0 Å². The van der Waals surface area contributed by atoms with E-state index in [9.17, 15) is 4.79 Å². The van der Waals surface area contributed by atoms with Crippen molar-refractivity contribution in [2.75, 3.05) is 29.9 Å². The third-order valence-corrected chi connectivity index (χ3v) is 5.13. The summed E-state index contributed by atoms with van der Waals surface area (Å²) in [6.07, 6.45) is 1.82. The molecule has 1 unspecified atom stereocenters. The predicted molar refractivity (Wildman–Crippen MR) is 104 cm³/mol. The summed E-state index contributed by atoms with van der Waals surface area (Å²) in [7, 11) is 0. The molecule has 4 rings (SSSR count). The highest BCUT2D eigenvalue weighted by Gasteiger charge is 2.32. The van der Waals surface area contributed by atoms with Crippen molar-refractivity contribution in [3.8, 4) is 5.75 Å². The number of amides is 1. The average molecular weight is 351 g/mol. The minimum absolute atomic E-state index is 0.00232. The summed E-state index contributed by atoms with van der Waals surface area (Å²) in [6.45, 7) is 4.21. The molecule has 0 bridgehead atoms. The van der Waals surface area contributed by atoms with Crippen LogP contribution in [0.3, 0.4) is 0 Å². The molecule has 26 heavy (non-hydrogen) atoms. The van der Waals surface area contributed by atoms with E-state index in [1.165, 1.54) is 5.56 Å². The Labute approximate surface area is 154 Å². The Bertz CT molecular complexity index is 778. The maximum atomic E-state index is 12.6. The lowest BCUT2D eigenvalue weighted by Gasteiger charge is -2.35. The van der Waals surface area contributed by atoms with Crippen LogP contribution in [0.2, 0.25) is 0 Å². The zero-order chi connectivity index (χ0) is 17.9. The number of benzene rings is 2. The molecule has 0 radical (unpaired) electrons. The molecule has 5 heteroatoms. The fourth-order valence-corrected chi connectivity index (χ4v) is 3.81. The number of carbonyl (C=O) groups is 1. The summed E-state index contributed by atoms with van der Waals surface area (Å²) < 4.78 is 6.29. The van der Waals surface area contributed by atoms with Crippen LogP contribution in [0.15, 0.2) is 48.5 Å². The first kappa shape index (κ1) is 16.9. The molecule has 2 N–H and O–H groups in total. The molecule has 0 aromatic heterocycles. The van der Waals surface area contributed by atoms with E-state index in [2.05, 4.69) is 29.7 Å². The van der Waals surface area contributed by atoms with Gasteiger partial charge < -0.3 is 20.3 Å². The minimum atomic E-state index is 0.00232. The number of nitrogens with zero attached hydrogens (tertiary/aromatic N) is 1. The maximum Gasteiger partial charge on any atom is 0.241 e. The zero-order valence-corrected chi connectivity index (χ0v) is 15.1. The van der Waals surface area contributed by atoms with Crippen LogP contribution in [0.4, 0.5) is 11.4 Å². The van der Waals surface area contributed by atoms with Gasteiger partial charge in [0.1, 0.15) is 11.9 Å². The van der Waals surface area contributed by atoms with E-state index < -0.39 is 0 Å². The van der Waals surface area contributed by atoms with E-state index in [1.807, 2.05) is 41.3 Å². The SMILES string of the molecule is CCC(Oc1ccc2c(c1)N1C(=O)CNC[C@@H]1CCN2)c1ccccc1. The third-order valence-electron chi connectivity index (χ3n) is 5.13. The lowest BCUT2D eigenvalue weighted by Crippen LogP contribution is -2.55. The van der Waals surface area contributed by atoms with Crippen molar-refractivity contribution >= 4 is 17.3 Å². The molecule has 136 valence electrons. The molecule has 5 nitrogen and oxygen atoms in total. The topological polar surface area (TPSA) is 53.6 Å². The first-order valence-corrected chi connectivity index (χ1v) is 9.38. The van der Waals surface area contributed by atoms with Crippen LogP contribution in [0.25, 0.3) is 0 Å². The molecule has 2 heterocycles. The van der Waals surface area contributed by atoms with Crippen LogP contribution in [-0.4, -0.2) is 31.6 Å². The third kappa shape index (κ3) is 3.27. The molecular weight excluding hydrogens is 326 g/mol. The quantitative estimate of drug-likeness (QED) is 0.887. The Balaban J connectivity index is 1.64. The van der Waals surface area contributed by atoms with Gasteiger partial charge in [-0.25, -0.2) is 0 Å². The minimum Gasteiger partial charge on any atom is -0.486 e. The Kier molecular flexibility index (Phi) is 4.80. The second-order valence-corrected chi connectivity index (χ2v) is 6.87. The van der Waals surface area contributed by atoms with Gasteiger partial charge in [-0.3, -0.25) is 4.79 Å². The van der Waals surface area contributed by atoms with Crippen LogP contribution < -0.4 is 20.3 Å². The number of nitrogens with one attached hydrogen (secondary N) is 2. The highest BCUT2D eigenvalue weighted by Crippen LogP contribution is 2.36. The van der Waals surface area contributed by atoms with Gasteiger partial charge >= 0.3 is 0 Å². The largest absolute Gasteiger partial charge is 0.486 e. The van der Waals surface area contributed by atoms with Crippen LogP contribution in [0, 0.1) is 0 Å². The van der Waals surface area contributed by atoms with Crippen molar-refractivity contribution in [2.24, 2.45) is 0 Å². The number of piperazine rings is 1. The predicted octanol–water partition coefficient (Wildman–Crippen LogP) is 3.34. The number of anilines is 2. The first-order chi connectivity index (χ1) is 12.8. The normalized spacial score (nSPS) is 20.4. The molecule has 2 aromatic rings. The number of hydrogen-bond donors (Lipinski definition) is 2. The van der Waals surface area contributed by atoms with E-state index in [-0.39, 0.29) is 18.1 Å². The molecule has 1 fully saturated rings. The summed E-state index contributed by atoms with van der Waals surface area (Å²) in [5, 5.41) is 6.67. The molecule has 1 saturated heterocycles. The van der Waals surface area contributed by atoms with Crippen molar-refractivity contribution in [3.63, 3.8) is 0 Å². The van der Waals surface area contributed by atoms with Gasteiger partial charge in [0, 0.05) is 19.2 Å². The first-order valence-electron chi connectivity index (χ1n) is 9.38. The Morgan fingerprint density at radius 2 is 2.08 bits per heavy atom. The van der Waals surface area contributed by atoms with Gasteiger partial charge in [0.25, 0.3) is 0 Å². The fraction of sp³-hybridized carbons (Fsp3) is 0.381. The zero-order valence-electron chi connectivity index (χ0n) is 15.1. The number of carbonyl (C=O) groups excluding carboxylic acids is 1. The average Bonchev–Trinajstić information content (AvgIpc) is 2.86. The second kappa shape index (κ2) is 7.38. The molecular formula is C21H25N3O2. The Hall–Kier alpha value is -2.53. The summed E-state index contributed by atoms with van der Waals surface area (Å²) >= 11 is 0. The van der Waals surface area contributed by atoms with E-state index in [0.717, 1.165) is 43.1 Å². The van der Waals surface area contributed by atoms with Crippen LogP contribution in [0.5, 0.6) is 5.75 Å². The van der Waals surface area contributed by atoms with Crippen molar-refractivity contribution in [3.05, 3.63) is 54.1 Å². The number of rotatable bonds is 4. The molecule has 1 amide bonds. The Morgan fingerprint density at radius 3 is 2.88 bits per heavy atom. The van der Waals surface area contributed by atoms with Gasteiger partial charge in [-0.1, -0.05) is 37.3 Å². The molecule has 0 aliphatic carbocycles. The Morgan fingerprint density at radius 1 is 1.23 bits per heavy atom. The van der Waals surface area contributed by atoms with Crippen molar-refractivity contribution in [1.82, 2.24) is 5.32 Å². The van der Waals surface area contributed by atoms with Gasteiger partial charge in [-0.2, -0.15) is 0 Å². The van der Waals surface area contributed by atoms with Gasteiger partial charge in [-0.15, -0.1) is 0 Å². The van der Waals surface area contributed by atoms with Crippen LogP contribution in [-0.2, 0) is 4.79 Å². The van der Waals surface area contributed by atoms with Gasteiger partial charge in [0.05, 0.1) is 24.0 Å².